The zero-order valence-corrected chi connectivity index (χ0v) is 18.9. The van der Waals surface area contributed by atoms with Crippen LogP contribution in [0.1, 0.15) is 42.2 Å². The molecule has 0 fully saturated rings. The molecule has 0 spiro atoms. The van der Waals surface area contributed by atoms with Crippen LogP contribution in [-0.2, 0) is 12.8 Å². The Balaban J connectivity index is 1.87. The second-order valence-electron chi connectivity index (χ2n) is 8.08. The maximum atomic E-state index is 13.8. The first-order valence-electron chi connectivity index (χ1n) is 10.3. The van der Waals surface area contributed by atoms with Crippen molar-refractivity contribution in [2.24, 2.45) is 0 Å². The van der Waals surface area contributed by atoms with E-state index in [1.165, 1.54) is 23.3 Å². The van der Waals surface area contributed by atoms with Gasteiger partial charge in [-0.2, -0.15) is 0 Å². The van der Waals surface area contributed by atoms with E-state index in [1.807, 2.05) is 38.1 Å². The van der Waals surface area contributed by atoms with Crippen LogP contribution in [0.4, 0.5) is 0 Å². The van der Waals surface area contributed by atoms with E-state index in [1.54, 1.807) is 27.7 Å². The van der Waals surface area contributed by atoms with Crippen molar-refractivity contribution in [1.29, 1.82) is 0 Å². The van der Waals surface area contributed by atoms with Crippen molar-refractivity contribution in [3.8, 4) is 5.69 Å². The Hall–Kier alpha value is -2.38. The fourth-order valence-corrected chi connectivity index (χ4v) is 6.31. The summed E-state index contributed by atoms with van der Waals surface area (Å²) in [6, 6.07) is 8.04. The van der Waals surface area contributed by atoms with Crippen molar-refractivity contribution in [1.82, 2.24) is 19.2 Å². The van der Waals surface area contributed by atoms with Gasteiger partial charge in [0, 0.05) is 10.6 Å². The maximum absolute atomic E-state index is 13.8. The van der Waals surface area contributed by atoms with Crippen LogP contribution in [-0.4, -0.2) is 24.9 Å². The van der Waals surface area contributed by atoms with Gasteiger partial charge in [-0.15, -0.1) is 21.5 Å². The molecule has 154 valence electrons. The first-order chi connectivity index (χ1) is 14.5. The van der Waals surface area contributed by atoms with Crippen LogP contribution < -0.4 is 5.56 Å². The van der Waals surface area contributed by atoms with Gasteiger partial charge in [-0.1, -0.05) is 48.0 Å². The Bertz CT molecular complexity index is 1330. The first kappa shape index (κ1) is 19.6. The van der Waals surface area contributed by atoms with Crippen molar-refractivity contribution in [3.63, 3.8) is 0 Å². The van der Waals surface area contributed by atoms with Crippen molar-refractivity contribution in [2.45, 2.75) is 51.1 Å². The number of thiophene rings is 1. The molecule has 30 heavy (non-hydrogen) atoms. The Morgan fingerprint density at radius 3 is 2.70 bits per heavy atom. The first-order valence-corrected chi connectivity index (χ1v) is 12.1. The number of nitrogens with zero attached hydrogens (tertiary/aromatic N) is 4. The van der Waals surface area contributed by atoms with E-state index in [2.05, 4.69) is 21.2 Å². The predicted octanol–water partition coefficient (Wildman–Crippen LogP) is 5.34. The number of rotatable bonds is 4. The van der Waals surface area contributed by atoms with Gasteiger partial charge in [0.25, 0.3) is 5.56 Å². The van der Waals surface area contributed by atoms with Crippen LogP contribution >= 0.6 is 23.1 Å². The number of aryl methyl sites for hydroxylation is 3. The van der Waals surface area contributed by atoms with Gasteiger partial charge in [0.15, 0.2) is 5.16 Å². The molecular formula is C23H24N4OS2. The molecule has 4 aromatic rings. The Kier molecular flexibility index (Phi) is 5.03. The van der Waals surface area contributed by atoms with Crippen LogP contribution in [0.15, 0.2) is 46.4 Å². The van der Waals surface area contributed by atoms with Gasteiger partial charge in [-0.3, -0.25) is 4.79 Å². The second-order valence-corrected chi connectivity index (χ2v) is 10.1. The molecule has 0 amide bonds. The monoisotopic (exact) mass is 436 g/mol. The molecule has 7 heteroatoms. The quantitative estimate of drug-likeness (QED) is 0.246. The lowest BCUT2D eigenvalue weighted by molar-refractivity contribution is 0.713. The third-order valence-electron chi connectivity index (χ3n) is 5.58. The highest BCUT2D eigenvalue weighted by Crippen LogP contribution is 2.36. The minimum Gasteiger partial charge on any atom is -0.268 e. The average molecular weight is 437 g/mol. The van der Waals surface area contributed by atoms with Gasteiger partial charge in [-0.05, 0) is 57.2 Å². The molecule has 1 aliphatic carbocycles. The van der Waals surface area contributed by atoms with Crippen LogP contribution in [0.2, 0.25) is 0 Å². The van der Waals surface area contributed by atoms with Crippen molar-refractivity contribution < 1.29 is 0 Å². The topological polar surface area (TPSA) is 52.2 Å². The molecule has 0 bridgehead atoms. The summed E-state index contributed by atoms with van der Waals surface area (Å²) in [5, 5.41) is 10.6. The normalized spacial score (nSPS) is 14.2. The molecule has 5 nitrogen and oxygen atoms in total. The van der Waals surface area contributed by atoms with E-state index in [4.69, 9.17) is 0 Å². The number of fused-ring (bicyclic) bond motifs is 5. The molecule has 0 aliphatic heterocycles. The highest BCUT2D eigenvalue weighted by atomic mass is 32.2. The molecule has 3 aromatic heterocycles. The van der Waals surface area contributed by atoms with Crippen LogP contribution in [0.25, 0.3) is 21.7 Å². The Morgan fingerprint density at radius 1 is 1.17 bits per heavy atom. The van der Waals surface area contributed by atoms with E-state index >= 15 is 0 Å². The third kappa shape index (κ3) is 3.20. The van der Waals surface area contributed by atoms with Crippen LogP contribution in [0.3, 0.4) is 0 Å². The van der Waals surface area contributed by atoms with Crippen molar-refractivity contribution >= 4 is 39.1 Å². The number of thioether (sulfide) groups is 1. The summed E-state index contributed by atoms with van der Waals surface area (Å²) in [5.74, 6) is 1.36. The van der Waals surface area contributed by atoms with Crippen molar-refractivity contribution in [2.75, 3.05) is 5.75 Å². The molecule has 0 N–H and O–H groups in total. The molecule has 0 atom stereocenters. The van der Waals surface area contributed by atoms with Gasteiger partial charge in [0.05, 0.1) is 11.1 Å². The summed E-state index contributed by atoms with van der Waals surface area (Å²) in [6.07, 6.45) is 5.58. The van der Waals surface area contributed by atoms with Gasteiger partial charge >= 0.3 is 0 Å². The Labute approximate surface area is 183 Å². The molecule has 0 unspecified atom stereocenters. The standard InChI is InChI=1S/C23H24N4OS2/c1-14(2)13-29-23-25-24-22-26(16-11-9-15(3)10-12-16)20(28)19-17-7-5-4-6-8-18(17)30-21(19)27(22)23/h9-12H,1,4-8,13H2,2-3H3. The fraction of sp³-hybridized carbons (Fsp3) is 0.348. The summed E-state index contributed by atoms with van der Waals surface area (Å²) in [5.41, 5.74) is 4.33. The van der Waals surface area contributed by atoms with Gasteiger partial charge in [-0.25, -0.2) is 8.97 Å². The molecule has 5 rings (SSSR count). The summed E-state index contributed by atoms with van der Waals surface area (Å²) < 4.78 is 3.82. The number of aromatic nitrogens is 4. The molecular weight excluding hydrogens is 412 g/mol. The summed E-state index contributed by atoms with van der Waals surface area (Å²) >= 11 is 3.37. The number of benzene rings is 1. The zero-order chi connectivity index (χ0) is 20.8. The van der Waals surface area contributed by atoms with Gasteiger partial charge in [0.2, 0.25) is 5.78 Å². The SMILES string of the molecule is C=C(C)CSc1nnc2n(-c3ccc(C)cc3)c(=O)c3c4c(sc3n12)CCCCC4. The molecule has 0 radical (unpaired) electrons. The highest BCUT2D eigenvalue weighted by molar-refractivity contribution is 7.99. The third-order valence-corrected chi connectivity index (χ3v) is 8.02. The summed E-state index contributed by atoms with van der Waals surface area (Å²) in [6.45, 7) is 8.08. The molecule has 0 saturated carbocycles. The predicted molar refractivity (Wildman–Crippen MR) is 126 cm³/mol. The number of hydrogen-bond acceptors (Lipinski definition) is 5. The average Bonchev–Trinajstić information content (AvgIpc) is 3.22. The lowest BCUT2D eigenvalue weighted by Crippen LogP contribution is -2.22. The molecule has 0 saturated heterocycles. The van der Waals surface area contributed by atoms with E-state index < -0.39 is 0 Å². The highest BCUT2D eigenvalue weighted by Gasteiger charge is 2.25. The van der Waals surface area contributed by atoms with E-state index in [0.717, 1.165) is 57.2 Å². The van der Waals surface area contributed by atoms with Gasteiger partial charge in [0.1, 0.15) is 4.83 Å². The Morgan fingerprint density at radius 2 is 1.93 bits per heavy atom. The smallest absolute Gasteiger partial charge is 0.268 e. The zero-order valence-electron chi connectivity index (χ0n) is 17.3. The molecule has 3 heterocycles. The van der Waals surface area contributed by atoms with Crippen LogP contribution in [0.5, 0.6) is 0 Å². The van der Waals surface area contributed by atoms with Crippen LogP contribution in [0, 0.1) is 6.92 Å². The van der Waals surface area contributed by atoms with E-state index in [0.29, 0.717) is 5.78 Å². The van der Waals surface area contributed by atoms with Crippen molar-refractivity contribution in [3.05, 3.63) is 62.8 Å². The summed E-state index contributed by atoms with van der Waals surface area (Å²) in [7, 11) is 0. The lowest BCUT2D eigenvalue weighted by Gasteiger charge is -2.10. The minimum atomic E-state index is 0.0182. The number of hydrogen-bond donors (Lipinski definition) is 0. The second kappa shape index (κ2) is 7.71. The summed E-state index contributed by atoms with van der Waals surface area (Å²) in [4.78, 5) is 16.2. The minimum absolute atomic E-state index is 0.0182. The fourth-order valence-electron chi connectivity index (χ4n) is 4.10. The molecule has 1 aromatic carbocycles. The van der Waals surface area contributed by atoms with E-state index in [9.17, 15) is 4.79 Å². The molecule has 1 aliphatic rings. The largest absolute Gasteiger partial charge is 0.268 e. The van der Waals surface area contributed by atoms with E-state index in [-0.39, 0.29) is 5.56 Å². The lowest BCUT2D eigenvalue weighted by atomic mass is 10.1. The maximum Gasteiger partial charge on any atom is 0.268 e. The van der Waals surface area contributed by atoms with Gasteiger partial charge < -0.3 is 0 Å².